The van der Waals surface area contributed by atoms with Gasteiger partial charge < -0.3 is 14.9 Å². The van der Waals surface area contributed by atoms with Crippen LogP contribution in [0.4, 0.5) is 5.69 Å². The van der Waals surface area contributed by atoms with Gasteiger partial charge in [-0.15, -0.1) is 0 Å². The zero-order valence-electron chi connectivity index (χ0n) is 16.1. The first-order valence-corrected chi connectivity index (χ1v) is 9.80. The highest BCUT2D eigenvalue weighted by molar-refractivity contribution is 6.22. The summed E-state index contributed by atoms with van der Waals surface area (Å²) in [4.78, 5) is 49.5. The second kappa shape index (κ2) is 6.80. The number of ether oxygens (including phenoxy) is 1. The fourth-order valence-electron chi connectivity index (χ4n) is 4.91. The van der Waals surface area contributed by atoms with E-state index in [1.807, 2.05) is 12.2 Å². The van der Waals surface area contributed by atoms with Gasteiger partial charge >= 0.3 is 11.9 Å². The molecule has 2 aromatic rings. The van der Waals surface area contributed by atoms with Gasteiger partial charge in [0.15, 0.2) is 0 Å². The Hall–Kier alpha value is -3.94. The first-order chi connectivity index (χ1) is 14.8. The monoisotopic (exact) mass is 419 g/mol. The molecule has 2 N–H and O–H groups in total. The molecule has 2 fully saturated rings. The largest absolute Gasteiger partial charge is 0.478 e. The van der Waals surface area contributed by atoms with E-state index in [1.54, 1.807) is 24.3 Å². The van der Waals surface area contributed by atoms with Crippen molar-refractivity contribution in [2.75, 3.05) is 4.90 Å². The minimum Gasteiger partial charge on any atom is -0.478 e. The Bertz CT molecular complexity index is 1140. The third-order valence-electron chi connectivity index (χ3n) is 6.25. The standard InChI is InChI=1S/C23H17NO7/c25-20-18-11-1-2-12(9-11)19(18)21(26)24(20)13-3-5-14(6-4-13)31-15-7-8-16(22(27)28)17(10-15)23(29)30/h1-8,10-12,18-19H,9H2,(H,27,28)(H,29,30)/t11-,12-,18+,19+/m0/s1. The molecule has 8 nitrogen and oxygen atoms in total. The number of rotatable bonds is 5. The third kappa shape index (κ3) is 2.91. The van der Waals surface area contributed by atoms with Crippen LogP contribution in [0.15, 0.2) is 54.6 Å². The molecule has 1 heterocycles. The van der Waals surface area contributed by atoms with Crippen molar-refractivity contribution < 1.29 is 34.1 Å². The number of nitrogens with zero attached hydrogens (tertiary/aromatic N) is 1. The number of allylic oxidation sites excluding steroid dienone is 2. The predicted molar refractivity (Wildman–Crippen MR) is 107 cm³/mol. The van der Waals surface area contributed by atoms with Crippen LogP contribution in [0.3, 0.4) is 0 Å². The number of aromatic carboxylic acids is 2. The second-order valence-electron chi connectivity index (χ2n) is 7.93. The molecule has 1 saturated heterocycles. The second-order valence-corrected chi connectivity index (χ2v) is 7.93. The number of anilines is 1. The van der Waals surface area contributed by atoms with Crippen LogP contribution in [0.25, 0.3) is 0 Å². The fourth-order valence-corrected chi connectivity index (χ4v) is 4.91. The zero-order valence-corrected chi connectivity index (χ0v) is 16.1. The molecule has 0 unspecified atom stereocenters. The zero-order chi connectivity index (χ0) is 21.9. The van der Waals surface area contributed by atoms with E-state index in [9.17, 15) is 24.3 Å². The van der Waals surface area contributed by atoms with Gasteiger partial charge in [-0.05, 0) is 60.7 Å². The van der Waals surface area contributed by atoms with Gasteiger partial charge in [0.05, 0.1) is 28.7 Å². The number of amides is 2. The Morgan fingerprint density at radius 2 is 1.35 bits per heavy atom. The highest BCUT2D eigenvalue weighted by Gasteiger charge is 2.59. The lowest BCUT2D eigenvalue weighted by Gasteiger charge is -2.17. The van der Waals surface area contributed by atoms with Crippen molar-refractivity contribution in [1.29, 1.82) is 0 Å². The Kier molecular flexibility index (Phi) is 4.18. The van der Waals surface area contributed by atoms with Crippen molar-refractivity contribution in [3.63, 3.8) is 0 Å². The lowest BCUT2D eigenvalue weighted by Crippen LogP contribution is -2.32. The quantitative estimate of drug-likeness (QED) is 0.564. The van der Waals surface area contributed by atoms with Crippen LogP contribution in [0, 0.1) is 23.7 Å². The van der Waals surface area contributed by atoms with Gasteiger partial charge in [0, 0.05) is 0 Å². The van der Waals surface area contributed by atoms with E-state index in [4.69, 9.17) is 9.84 Å². The molecule has 2 aromatic carbocycles. The van der Waals surface area contributed by atoms with Crippen LogP contribution in [0.2, 0.25) is 0 Å². The summed E-state index contributed by atoms with van der Waals surface area (Å²) >= 11 is 0. The summed E-state index contributed by atoms with van der Waals surface area (Å²) in [5.41, 5.74) is -0.261. The molecule has 2 amide bonds. The number of carbonyl (C=O) groups is 4. The van der Waals surface area contributed by atoms with Crippen molar-refractivity contribution in [2.45, 2.75) is 6.42 Å². The number of carboxylic acids is 2. The van der Waals surface area contributed by atoms with Crippen LogP contribution in [0.5, 0.6) is 11.5 Å². The topological polar surface area (TPSA) is 121 Å². The van der Waals surface area contributed by atoms with Gasteiger partial charge in [-0.1, -0.05) is 12.2 Å². The summed E-state index contributed by atoms with van der Waals surface area (Å²) in [6.07, 6.45) is 4.95. The number of benzene rings is 2. The smallest absolute Gasteiger partial charge is 0.336 e. The van der Waals surface area contributed by atoms with E-state index in [1.165, 1.54) is 11.0 Å². The number of fused-ring (bicyclic) bond motifs is 5. The number of carboxylic acid groups (broad SMARTS) is 2. The van der Waals surface area contributed by atoms with E-state index in [0.717, 1.165) is 18.6 Å². The highest BCUT2D eigenvalue weighted by atomic mass is 16.5. The number of hydrogen-bond donors (Lipinski definition) is 2. The summed E-state index contributed by atoms with van der Waals surface area (Å²) < 4.78 is 5.64. The van der Waals surface area contributed by atoms with Crippen LogP contribution < -0.4 is 9.64 Å². The normalized spacial score (nSPS) is 25.7. The van der Waals surface area contributed by atoms with Crippen molar-refractivity contribution in [2.24, 2.45) is 23.7 Å². The Labute approximate surface area is 176 Å². The third-order valence-corrected chi connectivity index (χ3v) is 6.25. The maximum atomic E-state index is 12.9. The molecule has 8 heteroatoms. The maximum Gasteiger partial charge on any atom is 0.336 e. The first-order valence-electron chi connectivity index (χ1n) is 9.80. The van der Waals surface area contributed by atoms with E-state index >= 15 is 0 Å². The van der Waals surface area contributed by atoms with Gasteiger partial charge in [-0.25, -0.2) is 9.59 Å². The molecular formula is C23H17NO7. The van der Waals surface area contributed by atoms with E-state index in [0.29, 0.717) is 11.4 Å². The number of imide groups is 1. The molecule has 2 aliphatic carbocycles. The lowest BCUT2D eigenvalue weighted by molar-refractivity contribution is -0.123. The van der Waals surface area contributed by atoms with Crippen molar-refractivity contribution in [3.8, 4) is 11.5 Å². The van der Waals surface area contributed by atoms with Gasteiger partial charge in [0.1, 0.15) is 11.5 Å². The molecule has 3 aliphatic rings. The molecule has 1 saturated carbocycles. The Balaban J connectivity index is 1.36. The average molecular weight is 419 g/mol. The predicted octanol–water partition coefficient (Wildman–Crippen LogP) is 3.19. The molecule has 156 valence electrons. The van der Waals surface area contributed by atoms with Gasteiger partial charge in [0.25, 0.3) is 0 Å². The summed E-state index contributed by atoms with van der Waals surface area (Å²) in [5.74, 6) is -2.84. The molecule has 1 aliphatic heterocycles. The number of hydrogen-bond acceptors (Lipinski definition) is 5. The molecule has 0 aromatic heterocycles. The van der Waals surface area contributed by atoms with Crippen molar-refractivity contribution in [3.05, 3.63) is 65.7 Å². The summed E-state index contributed by atoms with van der Waals surface area (Å²) in [6, 6.07) is 10.0. The van der Waals surface area contributed by atoms with E-state index in [-0.39, 0.29) is 52.4 Å². The van der Waals surface area contributed by atoms with Crippen molar-refractivity contribution >= 4 is 29.4 Å². The van der Waals surface area contributed by atoms with Crippen LogP contribution in [-0.4, -0.2) is 34.0 Å². The molecule has 5 rings (SSSR count). The van der Waals surface area contributed by atoms with Gasteiger partial charge in [0.2, 0.25) is 11.8 Å². The minimum absolute atomic E-state index is 0.135. The summed E-state index contributed by atoms with van der Waals surface area (Å²) in [6.45, 7) is 0. The molecule has 0 spiro atoms. The highest BCUT2D eigenvalue weighted by Crippen LogP contribution is 2.53. The van der Waals surface area contributed by atoms with E-state index < -0.39 is 11.9 Å². The van der Waals surface area contributed by atoms with Gasteiger partial charge in [-0.3, -0.25) is 14.5 Å². The number of carbonyl (C=O) groups excluding carboxylic acids is 2. The molecule has 4 atom stereocenters. The van der Waals surface area contributed by atoms with Crippen LogP contribution >= 0.6 is 0 Å². The molecule has 2 bridgehead atoms. The van der Waals surface area contributed by atoms with Crippen LogP contribution in [-0.2, 0) is 9.59 Å². The minimum atomic E-state index is -1.38. The van der Waals surface area contributed by atoms with Crippen molar-refractivity contribution in [1.82, 2.24) is 0 Å². The Morgan fingerprint density at radius 1 is 0.806 bits per heavy atom. The summed E-state index contributed by atoms with van der Waals surface area (Å²) in [7, 11) is 0. The van der Waals surface area contributed by atoms with E-state index in [2.05, 4.69) is 0 Å². The first kappa shape index (κ1) is 19.0. The lowest BCUT2D eigenvalue weighted by atomic mass is 9.85. The molecule has 31 heavy (non-hydrogen) atoms. The Morgan fingerprint density at radius 3 is 1.90 bits per heavy atom. The SMILES string of the molecule is O=C(O)c1ccc(Oc2ccc(N3C(=O)[C@H]4[C@H](C3=O)[C@H]3C=C[C@H]4C3)cc2)cc1C(=O)O. The molecule has 0 radical (unpaired) electrons. The molecular weight excluding hydrogens is 402 g/mol. The summed E-state index contributed by atoms with van der Waals surface area (Å²) in [5, 5.41) is 18.3. The van der Waals surface area contributed by atoms with Gasteiger partial charge in [-0.2, -0.15) is 0 Å². The maximum absolute atomic E-state index is 12.9. The fraction of sp³-hybridized carbons (Fsp3) is 0.217. The van der Waals surface area contributed by atoms with Crippen LogP contribution in [0.1, 0.15) is 27.1 Å². The average Bonchev–Trinajstić information content (AvgIpc) is 3.42.